The number of nitrogens with zero attached hydrogens (tertiary/aromatic N) is 2. The molecule has 2 amide bonds. The molecule has 0 aromatic heterocycles. The molecular weight excluding hydrogens is 562 g/mol. The largest absolute Gasteiger partial charge is 0.395 e. The summed E-state index contributed by atoms with van der Waals surface area (Å²) in [4.78, 5) is 28.9. The monoisotopic (exact) mass is 597 g/mol. The summed E-state index contributed by atoms with van der Waals surface area (Å²) in [6.45, 7) is 1.15. The zero-order valence-corrected chi connectivity index (χ0v) is 24.5. The molecule has 1 fully saturated rings. The number of aliphatic hydroxyl groups is 1. The molecule has 1 aliphatic heterocycles. The number of carbonyl (C=O) groups is 2. The van der Waals surface area contributed by atoms with Crippen LogP contribution in [-0.4, -0.2) is 66.8 Å². The summed E-state index contributed by atoms with van der Waals surface area (Å²) in [5.74, 6) is -0.560. The molecule has 218 valence electrons. The van der Waals surface area contributed by atoms with Gasteiger partial charge in [0.1, 0.15) is 6.04 Å². The van der Waals surface area contributed by atoms with Crippen molar-refractivity contribution in [1.29, 1.82) is 0 Å². The van der Waals surface area contributed by atoms with E-state index in [1.54, 1.807) is 41.3 Å². The fourth-order valence-electron chi connectivity index (χ4n) is 4.94. The zero-order chi connectivity index (χ0) is 29.2. The van der Waals surface area contributed by atoms with Crippen LogP contribution in [0.2, 0.25) is 5.02 Å². The van der Waals surface area contributed by atoms with Gasteiger partial charge in [-0.3, -0.25) is 9.59 Å². The lowest BCUT2D eigenvalue weighted by molar-refractivity contribution is -0.141. The van der Waals surface area contributed by atoms with Gasteiger partial charge < -0.3 is 15.3 Å². The quantitative estimate of drug-likeness (QED) is 0.312. The molecular formula is C31H36ClN3O5S. The van der Waals surface area contributed by atoms with E-state index in [1.807, 2.05) is 42.5 Å². The second-order valence-electron chi connectivity index (χ2n) is 10.1. The van der Waals surface area contributed by atoms with Gasteiger partial charge in [-0.1, -0.05) is 66.2 Å². The van der Waals surface area contributed by atoms with E-state index >= 15 is 0 Å². The van der Waals surface area contributed by atoms with E-state index in [0.29, 0.717) is 31.0 Å². The van der Waals surface area contributed by atoms with Gasteiger partial charge in [0.2, 0.25) is 21.8 Å². The maximum atomic E-state index is 13.8. The van der Waals surface area contributed by atoms with E-state index < -0.39 is 16.1 Å². The van der Waals surface area contributed by atoms with Crippen LogP contribution < -0.4 is 5.32 Å². The first-order valence-corrected chi connectivity index (χ1v) is 15.7. The van der Waals surface area contributed by atoms with Crippen molar-refractivity contribution >= 4 is 33.4 Å². The minimum absolute atomic E-state index is 0.0831. The van der Waals surface area contributed by atoms with Crippen LogP contribution in [0.1, 0.15) is 36.0 Å². The van der Waals surface area contributed by atoms with Gasteiger partial charge in [-0.25, -0.2) is 8.42 Å². The molecule has 41 heavy (non-hydrogen) atoms. The molecule has 0 saturated carbocycles. The standard InChI is InChI=1S/C31H36ClN3O5S/c32-27-13-8-26(9-14-27)23-35(29(31(38)33-18-21-36)22-25-6-2-1-3-7-25)30(37)17-12-24-10-15-28(16-11-24)41(39,40)34-19-4-5-20-34/h1-3,6-11,13-16,29,36H,4-5,12,17-23H2,(H,33,38)/t29-/m1/s1. The van der Waals surface area contributed by atoms with Crippen LogP contribution in [0.5, 0.6) is 0 Å². The number of aliphatic hydroxyl groups excluding tert-OH is 1. The highest BCUT2D eigenvalue weighted by molar-refractivity contribution is 7.89. The van der Waals surface area contributed by atoms with E-state index in [-0.39, 0.29) is 42.8 Å². The Bertz CT molecular complexity index is 1390. The van der Waals surface area contributed by atoms with Gasteiger partial charge >= 0.3 is 0 Å². The Labute approximate surface area is 247 Å². The van der Waals surface area contributed by atoms with Gasteiger partial charge in [0, 0.05) is 44.0 Å². The van der Waals surface area contributed by atoms with Crippen LogP contribution in [0.4, 0.5) is 0 Å². The molecule has 0 aliphatic carbocycles. The first-order valence-electron chi connectivity index (χ1n) is 13.8. The lowest BCUT2D eigenvalue weighted by Crippen LogP contribution is -2.51. The summed E-state index contributed by atoms with van der Waals surface area (Å²) in [5, 5.41) is 12.6. The summed E-state index contributed by atoms with van der Waals surface area (Å²) in [5.41, 5.74) is 2.56. The number of sulfonamides is 1. The van der Waals surface area contributed by atoms with Crippen LogP contribution in [-0.2, 0) is 39.0 Å². The molecule has 3 aromatic rings. The lowest BCUT2D eigenvalue weighted by Gasteiger charge is -2.31. The minimum Gasteiger partial charge on any atom is -0.395 e. The molecule has 0 bridgehead atoms. The van der Waals surface area contributed by atoms with Crippen LogP contribution in [0, 0.1) is 0 Å². The number of amides is 2. The Hall–Kier alpha value is -3.24. The molecule has 1 aliphatic rings. The molecule has 4 rings (SSSR count). The summed E-state index contributed by atoms with van der Waals surface area (Å²) in [6, 6.07) is 22.5. The predicted molar refractivity (Wildman–Crippen MR) is 159 cm³/mol. The third-order valence-corrected chi connectivity index (χ3v) is 9.37. The van der Waals surface area contributed by atoms with Crippen molar-refractivity contribution in [3.8, 4) is 0 Å². The van der Waals surface area contributed by atoms with Crippen molar-refractivity contribution in [3.63, 3.8) is 0 Å². The van der Waals surface area contributed by atoms with Gasteiger partial charge in [0.25, 0.3) is 0 Å². The third-order valence-electron chi connectivity index (χ3n) is 7.20. The Kier molecular flexibility index (Phi) is 10.9. The van der Waals surface area contributed by atoms with E-state index in [9.17, 15) is 23.1 Å². The van der Waals surface area contributed by atoms with Crippen LogP contribution in [0.25, 0.3) is 0 Å². The van der Waals surface area contributed by atoms with E-state index in [0.717, 1.165) is 29.5 Å². The molecule has 0 unspecified atom stereocenters. The summed E-state index contributed by atoms with van der Waals surface area (Å²) >= 11 is 6.07. The van der Waals surface area contributed by atoms with Crippen molar-refractivity contribution in [3.05, 3.63) is 101 Å². The Morgan fingerprint density at radius 1 is 0.902 bits per heavy atom. The highest BCUT2D eigenvalue weighted by Gasteiger charge is 2.30. The van der Waals surface area contributed by atoms with Crippen molar-refractivity contribution in [2.75, 3.05) is 26.2 Å². The topological polar surface area (TPSA) is 107 Å². The first kappa shape index (κ1) is 30.7. The molecule has 1 saturated heterocycles. The molecule has 3 aromatic carbocycles. The molecule has 0 radical (unpaired) electrons. The fourth-order valence-corrected chi connectivity index (χ4v) is 6.58. The zero-order valence-electron chi connectivity index (χ0n) is 22.9. The SMILES string of the molecule is O=C(NCCO)[C@@H](Cc1ccccc1)N(Cc1ccc(Cl)cc1)C(=O)CCc1ccc(S(=O)(=O)N2CCCC2)cc1. The normalized spacial score (nSPS) is 14.5. The predicted octanol–water partition coefficient (Wildman–Crippen LogP) is 3.81. The maximum Gasteiger partial charge on any atom is 0.243 e. The molecule has 8 nitrogen and oxygen atoms in total. The average molecular weight is 598 g/mol. The highest BCUT2D eigenvalue weighted by atomic mass is 35.5. The Balaban J connectivity index is 1.54. The second-order valence-corrected chi connectivity index (χ2v) is 12.5. The van der Waals surface area contributed by atoms with Gasteiger partial charge in [-0.2, -0.15) is 4.31 Å². The first-order chi connectivity index (χ1) is 19.8. The summed E-state index contributed by atoms with van der Waals surface area (Å²) in [7, 11) is -3.51. The van der Waals surface area contributed by atoms with Crippen molar-refractivity contribution in [2.24, 2.45) is 0 Å². The average Bonchev–Trinajstić information content (AvgIpc) is 3.54. The second kappa shape index (κ2) is 14.6. The van der Waals surface area contributed by atoms with E-state index in [4.69, 9.17) is 11.6 Å². The summed E-state index contributed by atoms with van der Waals surface area (Å²) in [6.07, 6.45) is 2.56. The minimum atomic E-state index is -3.51. The Morgan fingerprint density at radius 2 is 1.54 bits per heavy atom. The number of hydrogen-bond acceptors (Lipinski definition) is 5. The molecule has 1 atom stereocenters. The molecule has 0 spiro atoms. The number of aryl methyl sites for hydroxylation is 1. The third kappa shape index (κ3) is 8.39. The molecule has 1 heterocycles. The van der Waals surface area contributed by atoms with Gasteiger partial charge in [-0.05, 0) is 60.2 Å². The van der Waals surface area contributed by atoms with Gasteiger partial charge in [0.15, 0.2) is 0 Å². The molecule has 2 N–H and O–H groups in total. The van der Waals surface area contributed by atoms with Crippen molar-refractivity contribution < 1.29 is 23.1 Å². The number of hydrogen-bond donors (Lipinski definition) is 2. The smallest absolute Gasteiger partial charge is 0.243 e. The Morgan fingerprint density at radius 3 is 2.17 bits per heavy atom. The fraction of sp³-hybridized carbons (Fsp3) is 0.355. The van der Waals surface area contributed by atoms with Crippen LogP contribution in [0.15, 0.2) is 83.8 Å². The molecule has 10 heteroatoms. The van der Waals surface area contributed by atoms with E-state index in [2.05, 4.69) is 5.32 Å². The van der Waals surface area contributed by atoms with Crippen LogP contribution in [0.3, 0.4) is 0 Å². The van der Waals surface area contributed by atoms with Crippen LogP contribution >= 0.6 is 11.6 Å². The maximum absolute atomic E-state index is 13.8. The van der Waals surface area contributed by atoms with Crippen molar-refractivity contribution in [2.45, 2.75) is 49.6 Å². The number of benzene rings is 3. The van der Waals surface area contributed by atoms with Gasteiger partial charge in [-0.15, -0.1) is 0 Å². The van der Waals surface area contributed by atoms with E-state index in [1.165, 1.54) is 4.31 Å². The number of carbonyl (C=O) groups excluding carboxylic acids is 2. The van der Waals surface area contributed by atoms with Gasteiger partial charge in [0.05, 0.1) is 11.5 Å². The van der Waals surface area contributed by atoms with Crippen molar-refractivity contribution in [1.82, 2.24) is 14.5 Å². The number of rotatable bonds is 13. The summed E-state index contributed by atoms with van der Waals surface area (Å²) < 4.78 is 27.2. The number of halogens is 1. The lowest BCUT2D eigenvalue weighted by atomic mass is 10.0. The highest BCUT2D eigenvalue weighted by Crippen LogP contribution is 2.22. The number of nitrogens with one attached hydrogen (secondary N) is 1.